The van der Waals surface area contributed by atoms with E-state index in [2.05, 4.69) is 17.1 Å². The van der Waals surface area contributed by atoms with Crippen molar-refractivity contribution in [2.75, 3.05) is 19.6 Å². The molecule has 1 atom stereocenters. The first kappa shape index (κ1) is 16.2. The molecule has 0 unspecified atom stereocenters. The summed E-state index contributed by atoms with van der Waals surface area (Å²) in [6.07, 6.45) is 0. The second-order valence-corrected chi connectivity index (χ2v) is 5.03. The van der Waals surface area contributed by atoms with E-state index < -0.39 is 4.92 Å². The van der Waals surface area contributed by atoms with Crippen LogP contribution in [0.15, 0.2) is 18.2 Å². The van der Waals surface area contributed by atoms with E-state index in [0.717, 1.165) is 31.7 Å². The average Bonchev–Trinajstić information content (AvgIpc) is 2.31. The number of piperazine rings is 1. The Morgan fingerprint density at radius 2 is 2.32 bits per heavy atom. The summed E-state index contributed by atoms with van der Waals surface area (Å²) >= 11 is 6.08. The molecule has 1 aromatic rings. The van der Waals surface area contributed by atoms with Crippen LogP contribution in [0, 0.1) is 10.1 Å². The Bertz CT molecular complexity index is 457. The van der Waals surface area contributed by atoms with Gasteiger partial charge in [-0.05, 0) is 18.6 Å². The smallest absolute Gasteiger partial charge is 0.270 e. The number of non-ortho nitro benzene ring substituents is 1. The molecule has 1 fully saturated rings. The summed E-state index contributed by atoms with van der Waals surface area (Å²) in [4.78, 5) is 12.5. The van der Waals surface area contributed by atoms with Crippen molar-refractivity contribution in [1.82, 2.24) is 10.2 Å². The highest BCUT2D eigenvalue weighted by molar-refractivity contribution is 6.31. The van der Waals surface area contributed by atoms with Gasteiger partial charge in [-0.3, -0.25) is 15.0 Å². The Kier molecular flexibility index (Phi) is 6.00. The fraction of sp³-hybridized carbons (Fsp3) is 0.500. The van der Waals surface area contributed by atoms with Gasteiger partial charge in [-0.15, -0.1) is 12.4 Å². The molecular weight excluding hydrogens is 289 g/mol. The Morgan fingerprint density at radius 1 is 1.58 bits per heavy atom. The number of nitro groups is 1. The van der Waals surface area contributed by atoms with Crippen LogP contribution in [-0.2, 0) is 6.54 Å². The number of hydrogen-bond donors (Lipinski definition) is 1. The molecule has 1 aliphatic rings. The fourth-order valence-electron chi connectivity index (χ4n) is 2.17. The van der Waals surface area contributed by atoms with E-state index in [1.165, 1.54) is 12.1 Å². The van der Waals surface area contributed by atoms with Crippen LogP contribution in [0.3, 0.4) is 0 Å². The quantitative estimate of drug-likeness (QED) is 0.688. The first-order valence-electron chi connectivity index (χ1n) is 5.95. The SMILES string of the molecule is C[C@H]1CN(Cc2ccc([N+](=O)[O-])cc2Cl)CCN1.Cl. The van der Waals surface area contributed by atoms with Crippen LogP contribution in [0.4, 0.5) is 5.69 Å². The fourth-order valence-corrected chi connectivity index (χ4v) is 2.41. The summed E-state index contributed by atoms with van der Waals surface area (Å²) < 4.78 is 0. The van der Waals surface area contributed by atoms with Crippen LogP contribution in [0.25, 0.3) is 0 Å². The van der Waals surface area contributed by atoms with Gasteiger partial charge in [0.2, 0.25) is 0 Å². The van der Waals surface area contributed by atoms with Crippen molar-refractivity contribution in [1.29, 1.82) is 0 Å². The van der Waals surface area contributed by atoms with E-state index in [1.807, 2.05) is 0 Å². The van der Waals surface area contributed by atoms with Crippen molar-refractivity contribution in [3.63, 3.8) is 0 Å². The van der Waals surface area contributed by atoms with Gasteiger partial charge < -0.3 is 5.32 Å². The van der Waals surface area contributed by atoms with Crippen molar-refractivity contribution in [2.45, 2.75) is 19.5 Å². The van der Waals surface area contributed by atoms with Crippen LogP contribution < -0.4 is 5.32 Å². The van der Waals surface area contributed by atoms with Gasteiger partial charge in [0.15, 0.2) is 0 Å². The zero-order valence-electron chi connectivity index (χ0n) is 10.6. The molecule has 0 bridgehead atoms. The first-order valence-corrected chi connectivity index (χ1v) is 6.32. The second-order valence-electron chi connectivity index (χ2n) is 4.62. The molecule has 0 saturated carbocycles. The van der Waals surface area contributed by atoms with Gasteiger partial charge in [0.25, 0.3) is 5.69 Å². The second kappa shape index (κ2) is 7.05. The predicted octanol–water partition coefficient (Wildman–Crippen LogP) is 2.46. The molecule has 19 heavy (non-hydrogen) atoms. The van der Waals surface area contributed by atoms with Crippen LogP contribution in [0.5, 0.6) is 0 Å². The minimum absolute atomic E-state index is 0. The largest absolute Gasteiger partial charge is 0.312 e. The molecule has 7 heteroatoms. The normalized spacial score (nSPS) is 19.8. The molecule has 1 heterocycles. The van der Waals surface area contributed by atoms with E-state index in [0.29, 0.717) is 11.1 Å². The van der Waals surface area contributed by atoms with Crippen molar-refractivity contribution in [3.8, 4) is 0 Å². The van der Waals surface area contributed by atoms with Crippen molar-refractivity contribution in [3.05, 3.63) is 38.9 Å². The maximum Gasteiger partial charge on any atom is 0.270 e. The van der Waals surface area contributed by atoms with Gasteiger partial charge >= 0.3 is 0 Å². The molecule has 106 valence electrons. The molecule has 1 aromatic carbocycles. The van der Waals surface area contributed by atoms with Crippen molar-refractivity contribution < 1.29 is 4.92 Å². The number of nitro benzene ring substituents is 1. The Balaban J connectivity index is 0.00000180. The summed E-state index contributed by atoms with van der Waals surface area (Å²) in [5.41, 5.74) is 0.980. The average molecular weight is 306 g/mol. The lowest BCUT2D eigenvalue weighted by Crippen LogP contribution is -2.48. The molecule has 0 radical (unpaired) electrons. The number of rotatable bonds is 3. The van der Waals surface area contributed by atoms with Gasteiger partial charge in [-0.2, -0.15) is 0 Å². The Morgan fingerprint density at radius 3 is 2.89 bits per heavy atom. The monoisotopic (exact) mass is 305 g/mol. The Labute approximate surface area is 123 Å². The molecule has 0 spiro atoms. The van der Waals surface area contributed by atoms with Gasteiger partial charge in [0.1, 0.15) is 0 Å². The third-order valence-electron chi connectivity index (χ3n) is 3.09. The highest BCUT2D eigenvalue weighted by Gasteiger charge is 2.17. The zero-order chi connectivity index (χ0) is 13.1. The minimum Gasteiger partial charge on any atom is -0.312 e. The molecule has 0 aromatic heterocycles. The van der Waals surface area contributed by atoms with E-state index in [4.69, 9.17) is 11.6 Å². The summed E-state index contributed by atoms with van der Waals surface area (Å²) in [6.45, 7) is 5.78. The summed E-state index contributed by atoms with van der Waals surface area (Å²) in [5.74, 6) is 0. The lowest BCUT2D eigenvalue weighted by Gasteiger charge is -2.31. The summed E-state index contributed by atoms with van der Waals surface area (Å²) in [7, 11) is 0. The maximum atomic E-state index is 10.6. The highest BCUT2D eigenvalue weighted by Crippen LogP contribution is 2.23. The lowest BCUT2D eigenvalue weighted by molar-refractivity contribution is -0.384. The standard InChI is InChI=1S/C12H16ClN3O2.ClH/c1-9-7-15(5-4-14-9)8-10-2-3-11(16(17)18)6-12(10)13;/h2-3,6,9,14H,4-5,7-8H2,1H3;1H/t9-;/m0./s1. The van der Waals surface area contributed by atoms with Crippen LogP contribution in [0.2, 0.25) is 5.02 Å². The van der Waals surface area contributed by atoms with Crippen LogP contribution >= 0.6 is 24.0 Å². The molecule has 1 aliphatic heterocycles. The maximum absolute atomic E-state index is 10.6. The third kappa shape index (κ3) is 4.31. The molecule has 2 rings (SSSR count). The molecule has 0 amide bonds. The van der Waals surface area contributed by atoms with Crippen molar-refractivity contribution in [2.24, 2.45) is 0 Å². The molecule has 5 nitrogen and oxygen atoms in total. The van der Waals surface area contributed by atoms with E-state index >= 15 is 0 Å². The van der Waals surface area contributed by atoms with E-state index in [9.17, 15) is 10.1 Å². The van der Waals surface area contributed by atoms with Gasteiger partial charge in [0.05, 0.1) is 9.95 Å². The van der Waals surface area contributed by atoms with E-state index in [1.54, 1.807) is 6.07 Å². The third-order valence-corrected chi connectivity index (χ3v) is 3.45. The topological polar surface area (TPSA) is 58.4 Å². The number of nitrogens with one attached hydrogen (secondary N) is 1. The number of nitrogens with zero attached hydrogens (tertiary/aromatic N) is 2. The summed E-state index contributed by atoms with van der Waals surface area (Å²) in [5, 5.41) is 14.5. The molecule has 1 N–H and O–H groups in total. The lowest BCUT2D eigenvalue weighted by atomic mass is 10.1. The molecule has 0 aliphatic carbocycles. The van der Waals surface area contributed by atoms with Crippen LogP contribution in [-0.4, -0.2) is 35.5 Å². The van der Waals surface area contributed by atoms with Crippen LogP contribution in [0.1, 0.15) is 12.5 Å². The minimum atomic E-state index is -0.428. The highest BCUT2D eigenvalue weighted by atomic mass is 35.5. The Hall–Kier alpha value is -0.880. The number of hydrogen-bond acceptors (Lipinski definition) is 4. The molecular formula is C12H17Cl2N3O2. The van der Waals surface area contributed by atoms with E-state index in [-0.39, 0.29) is 18.1 Å². The number of halogens is 2. The number of benzene rings is 1. The predicted molar refractivity (Wildman–Crippen MR) is 78.1 cm³/mol. The molecule has 1 saturated heterocycles. The van der Waals surface area contributed by atoms with Gasteiger partial charge in [-0.25, -0.2) is 0 Å². The van der Waals surface area contributed by atoms with Gasteiger partial charge in [0, 0.05) is 44.4 Å². The van der Waals surface area contributed by atoms with Gasteiger partial charge in [-0.1, -0.05) is 11.6 Å². The first-order chi connectivity index (χ1) is 8.56. The van der Waals surface area contributed by atoms with Crippen molar-refractivity contribution >= 4 is 29.7 Å². The zero-order valence-corrected chi connectivity index (χ0v) is 12.2. The summed E-state index contributed by atoms with van der Waals surface area (Å²) in [6, 6.07) is 5.14.